The van der Waals surface area contributed by atoms with Gasteiger partial charge in [-0.25, -0.2) is 4.79 Å². The highest BCUT2D eigenvalue weighted by Gasteiger charge is 2.58. The molecule has 0 amide bonds. The quantitative estimate of drug-likeness (QED) is 0.185. The first-order valence-electron chi connectivity index (χ1n) is 17.5. The molecule has 2 aromatic rings. The molecule has 19 heteroatoms. The van der Waals surface area contributed by atoms with Gasteiger partial charge in [-0.1, -0.05) is 18.2 Å². The van der Waals surface area contributed by atoms with Gasteiger partial charge in [0.2, 0.25) is 6.29 Å². The van der Waals surface area contributed by atoms with E-state index in [4.69, 9.17) is 56.8 Å². The van der Waals surface area contributed by atoms with Gasteiger partial charge in [-0.2, -0.15) is 0 Å². The number of esters is 7. The largest absolute Gasteiger partial charge is 0.497 e. The van der Waals surface area contributed by atoms with Gasteiger partial charge >= 0.3 is 41.8 Å². The molecule has 0 saturated carbocycles. The Balaban J connectivity index is 1.89. The number of benzene rings is 2. The molecular formula is C38H44O19. The minimum atomic E-state index is -1.88. The van der Waals surface area contributed by atoms with Crippen LogP contribution in [0, 0.1) is 0 Å². The van der Waals surface area contributed by atoms with Crippen LogP contribution in [0.25, 0.3) is 0 Å². The molecule has 2 fully saturated rings. The first-order valence-corrected chi connectivity index (χ1v) is 17.5. The van der Waals surface area contributed by atoms with Crippen molar-refractivity contribution in [1.29, 1.82) is 0 Å². The molecule has 57 heavy (non-hydrogen) atoms. The van der Waals surface area contributed by atoms with Crippen LogP contribution < -0.4 is 9.47 Å². The molecule has 10 atom stereocenters. The van der Waals surface area contributed by atoms with Crippen molar-refractivity contribution in [1.82, 2.24) is 0 Å². The number of hydrogen-bond donors (Lipinski definition) is 0. The Morgan fingerprint density at radius 1 is 0.491 bits per heavy atom. The van der Waals surface area contributed by atoms with Crippen LogP contribution in [0.15, 0.2) is 54.6 Å². The Bertz CT molecular complexity index is 1730. The molecule has 19 nitrogen and oxygen atoms in total. The SMILES string of the molecule is COc1ccc(O[C@@H]2O[C@H](COC(C)=O)[C@H](OC(C)=O)[C@H](O[C@@H]3O[C@H](COC(C)=O)[C@H](OC(C)=O)[C@H](OC(C)=O)[C@H]3OC(=O)c3ccccc3)[C@H]2OC(C)=O)cc1. The van der Waals surface area contributed by atoms with Crippen LogP contribution in [0.4, 0.5) is 0 Å². The molecule has 4 rings (SSSR count). The molecule has 0 spiro atoms. The molecule has 0 aromatic heterocycles. The summed E-state index contributed by atoms with van der Waals surface area (Å²) in [7, 11) is 1.46. The van der Waals surface area contributed by atoms with Crippen LogP contribution in [-0.4, -0.2) is 124 Å². The average Bonchev–Trinajstić information content (AvgIpc) is 3.14. The first-order chi connectivity index (χ1) is 27.1. The van der Waals surface area contributed by atoms with Gasteiger partial charge in [-0.15, -0.1) is 0 Å². The maximum atomic E-state index is 13.6. The van der Waals surface area contributed by atoms with Gasteiger partial charge in [0.1, 0.15) is 43.0 Å². The van der Waals surface area contributed by atoms with Gasteiger partial charge in [0.25, 0.3) is 0 Å². The van der Waals surface area contributed by atoms with Gasteiger partial charge in [0, 0.05) is 41.5 Å². The number of hydrogen-bond acceptors (Lipinski definition) is 19. The third kappa shape index (κ3) is 12.6. The fraction of sp³-hybridized carbons (Fsp3) is 0.500. The van der Waals surface area contributed by atoms with Gasteiger partial charge < -0.3 is 56.8 Å². The highest BCUT2D eigenvalue weighted by molar-refractivity contribution is 5.89. The molecule has 0 radical (unpaired) electrons. The van der Waals surface area contributed by atoms with Crippen LogP contribution in [0.1, 0.15) is 51.9 Å². The summed E-state index contributed by atoms with van der Waals surface area (Å²) in [5.74, 6) is -5.35. The van der Waals surface area contributed by atoms with Crippen LogP contribution in [0.5, 0.6) is 11.5 Å². The van der Waals surface area contributed by atoms with Crippen molar-refractivity contribution in [2.45, 2.75) is 103 Å². The van der Waals surface area contributed by atoms with Crippen LogP contribution in [-0.2, 0) is 76.1 Å². The van der Waals surface area contributed by atoms with E-state index in [2.05, 4.69) is 0 Å². The highest BCUT2D eigenvalue weighted by atomic mass is 16.8. The highest BCUT2D eigenvalue weighted by Crippen LogP contribution is 2.36. The molecule has 2 aliphatic heterocycles. The zero-order valence-electron chi connectivity index (χ0n) is 32.1. The third-order valence-corrected chi connectivity index (χ3v) is 8.15. The maximum Gasteiger partial charge on any atom is 0.338 e. The lowest BCUT2D eigenvalue weighted by atomic mass is 9.95. The zero-order valence-corrected chi connectivity index (χ0v) is 32.1. The van der Waals surface area contributed by atoms with E-state index >= 15 is 0 Å². The number of rotatable bonds is 15. The summed E-state index contributed by atoms with van der Waals surface area (Å²) in [6.07, 6.45) is -16.3. The van der Waals surface area contributed by atoms with E-state index in [0.29, 0.717) is 5.75 Å². The first kappa shape index (κ1) is 43.9. The van der Waals surface area contributed by atoms with E-state index < -0.39 is 116 Å². The number of carbonyl (C=O) groups excluding carboxylic acids is 7. The second-order valence-corrected chi connectivity index (χ2v) is 12.6. The van der Waals surface area contributed by atoms with Crippen LogP contribution in [0.3, 0.4) is 0 Å². The lowest BCUT2D eigenvalue weighted by Gasteiger charge is -2.48. The molecule has 0 N–H and O–H groups in total. The smallest absolute Gasteiger partial charge is 0.338 e. The van der Waals surface area contributed by atoms with E-state index in [-0.39, 0.29) is 11.3 Å². The molecular weight excluding hydrogens is 760 g/mol. The summed E-state index contributed by atoms with van der Waals surface area (Å²) in [5.41, 5.74) is 0.0416. The van der Waals surface area contributed by atoms with Crippen molar-refractivity contribution in [3.05, 3.63) is 60.2 Å². The average molecular weight is 805 g/mol. The van der Waals surface area contributed by atoms with Crippen LogP contribution >= 0.6 is 0 Å². The topological polar surface area (TPSA) is 230 Å². The molecule has 2 aromatic carbocycles. The van der Waals surface area contributed by atoms with Crippen molar-refractivity contribution in [3.8, 4) is 11.5 Å². The third-order valence-electron chi connectivity index (χ3n) is 8.15. The Morgan fingerprint density at radius 3 is 1.42 bits per heavy atom. The van der Waals surface area contributed by atoms with Crippen molar-refractivity contribution < 1.29 is 90.4 Å². The van der Waals surface area contributed by atoms with Crippen LogP contribution in [0.2, 0.25) is 0 Å². The minimum absolute atomic E-state index is 0.0416. The summed E-state index contributed by atoms with van der Waals surface area (Å²) in [6.45, 7) is 5.33. The minimum Gasteiger partial charge on any atom is -0.497 e. The Hall–Kier alpha value is -5.79. The van der Waals surface area contributed by atoms with Gasteiger partial charge in [-0.05, 0) is 36.4 Å². The zero-order chi connectivity index (χ0) is 41.8. The van der Waals surface area contributed by atoms with E-state index in [1.54, 1.807) is 30.3 Å². The number of ether oxygens (including phenoxy) is 12. The predicted molar refractivity (Wildman–Crippen MR) is 187 cm³/mol. The lowest BCUT2D eigenvalue weighted by Crippen LogP contribution is -2.67. The van der Waals surface area contributed by atoms with E-state index in [0.717, 1.165) is 41.5 Å². The monoisotopic (exact) mass is 804 g/mol. The van der Waals surface area contributed by atoms with Gasteiger partial charge in [-0.3, -0.25) is 28.8 Å². The Kier molecular flexibility index (Phi) is 15.7. The Morgan fingerprint density at radius 2 is 0.930 bits per heavy atom. The molecule has 2 aliphatic rings. The summed E-state index contributed by atoms with van der Waals surface area (Å²) < 4.78 is 69.0. The summed E-state index contributed by atoms with van der Waals surface area (Å²) in [4.78, 5) is 87.9. The molecule has 0 unspecified atom stereocenters. The van der Waals surface area contributed by atoms with Crippen molar-refractivity contribution in [3.63, 3.8) is 0 Å². The summed E-state index contributed by atoms with van der Waals surface area (Å²) >= 11 is 0. The van der Waals surface area contributed by atoms with Crippen molar-refractivity contribution >= 4 is 41.8 Å². The van der Waals surface area contributed by atoms with E-state index in [1.807, 2.05) is 0 Å². The number of carbonyl (C=O) groups is 7. The lowest BCUT2D eigenvalue weighted by molar-refractivity contribution is -0.353. The fourth-order valence-electron chi connectivity index (χ4n) is 5.93. The van der Waals surface area contributed by atoms with Crippen molar-refractivity contribution in [2.75, 3.05) is 20.3 Å². The predicted octanol–water partition coefficient (Wildman–Crippen LogP) is 1.99. The standard InChI is InChI=1S/C38H44O19/c1-19(39)47-17-28-30(49-21(3)41)32(51-23(5)43)35(56-36(45)25-11-9-8-10-12-25)38(55-28)57-33-31(50-22(4)42)29(18-48-20(2)40)54-37(34(33)52-24(6)44)53-27-15-13-26(46-7)14-16-27/h8-16,28-35,37-38H,17-18H2,1-7H3/t28-,29-,30+,31+,32+,33+,34-,35-,37-,38+/m1/s1. The van der Waals surface area contributed by atoms with E-state index in [1.165, 1.54) is 31.4 Å². The molecule has 310 valence electrons. The second-order valence-electron chi connectivity index (χ2n) is 12.6. The van der Waals surface area contributed by atoms with Gasteiger partial charge in [0.15, 0.2) is 36.8 Å². The molecule has 2 heterocycles. The summed E-state index contributed by atoms with van der Waals surface area (Å²) in [5, 5.41) is 0. The molecule has 0 bridgehead atoms. The summed E-state index contributed by atoms with van der Waals surface area (Å²) in [6, 6.07) is 13.8. The van der Waals surface area contributed by atoms with Crippen molar-refractivity contribution in [2.24, 2.45) is 0 Å². The molecule has 0 aliphatic carbocycles. The van der Waals surface area contributed by atoms with E-state index in [9.17, 15) is 33.6 Å². The fourth-order valence-corrected chi connectivity index (χ4v) is 5.93. The Labute approximate surface area is 326 Å². The molecule has 2 saturated heterocycles. The second kappa shape index (κ2) is 20.4. The normalized spacial score (nSPS) is 26.7. The maximum absolute atomic E-state index is 13.6. The van der Waals surface area contributed by atoms with Gasteiger partial charge in [0.05, 0.1) is 12.7 Å². The number of methoxy groups -OCH3 is 1.